The summed E-state index contributed by atoms with van der Waals surface area (Å²) in [6, 6.07) is 4.18. The lowest BCUT2D eigenvalue weighted by Gasteiger charge is -2.28. The maximum Gasteiger partial charge on any atom is 0.432 e. The van der Waals surface area contributed by atoms with Gasteiger partial charge in [0.2, 0.25) is 0 Å². The first-order valence-electron chi connectivity index (χ1n) is 5.05. The van der Waals surface area contributed by atoms with Crippen molar-refractivity contribution in [2.24, 2.45) is 0 Å². The second-order valence-electron chi connectivity index (χ2n) is 3.55. The molecule has 4 nitrogen and oxygen atoms in total. The average molecular weight is 263 g/mol. The van der Waals surface area contributed by atoms with E-state index in [0.717, 1.165) is 24.3 Å². The van der Waals surface area contributed by atoms with E-state index < -0.39 is 23.3 Å². The summed E-state index contributed by atoms with van der Waals surface area (Å²) < 4.78 is 42.9. The molecule has 0 saturated carbocycles. The number of esters is 1. The minimum Gasteiger partial charge on any atom is -0.463 e. The molecule has 0 amide bonds. The molecule has 0 radical (unpaired) electrons. The van der Waals surface area contributed by atoms with Gasteiger partial charge >= 0.3 is 12.1 Å². The van der Waals surface area contributed by atoms with E-state index in [0.29, 0.717) is 0 Å². The molecule has 3 N–H and O–H groups in total. The van der Waals surface area contributed by atoms with Crippen LogP contribution in [0.15, 0.2) is 24.3 Å². The number of ether oxygens (including phenoxy) is 1. The van der Waals surface area contributed by atoms with E-state index in [9.17, 15) is 23.1 Å². The number of anilines is 1. The first-order chi connectivity index (χ1) is 8.23. The Morgan fingerprint density at radius 2 is 1.83 bits per heavy atom. The van der Waals surface area contributed by atoms with Crippen LogP contribution in [0.2, 0.25) is 0 Å². The van der Waals surface area contributed by atoms with Crippen molar-refractivity contribution in [3.63, 3.8) is 0 Å². The summed E-state index contributed by atoms with van der Waals surface area (Å²) >= 11 is 0. The van der Waals surface area contributed by atoms with Crippen LogP contribution in [0.3, 0.4) is 0 Å². The summed E-state index contributed by atoms with van der Waals surface area (Å²) in [4.78, 5) is 11.4. The zero-order valence-electron chi connectivity index (χ0n) is 9.49. The molecule has 1 rings (SSSR count). The minimum absolute atomic E-state index is 0.215. The molecule has 100 valence electrons. The zero-order valence-corrected chi connectivity index (χ0v) is 9.49. The molecule has 0 bridgehead atoms. The maximum atomic E-state index is 12.9. The van der Waals surface area contributed by atoms with Gasteiger partial charge in [0.15, 0.2) is 0 Å². The molecule has 0 aliphatic carbocycles. The van der Waals surface area contributed by atoms with Gasteiger partial charge < -0.3 is 15.6 Å². The van der Waals surface area contributed by atoms with E-state index in [4.69, 9.17) is 5.73 Å². The molecular formula is C11H12F3NO3. The SMILES string of the molecule is CCOC(=O)C(O)(c1ccc(N)cc1)C(F)(F)F. The van der Waals surface area contributed by atoms with Crippen LogP contribution in [0, 0.1) is 0 Å². The summed E-state index contributed by atoms with van der Waals surface area (Å²) in [6.07, 6.45) is -5.19. The van der Waals surface area contributed by atoms with Crippen molar-refractivity contribution in [3.8, 4) is 0 Å². The standard InChI is InChI=1S/C11H12F3NO3/c1-2-18-9(16)10(17,11(12,13)14)7-3-5-8(15)6-4-7/h3-6,17H,2,15H2,1H3. The third-order valence-electron chi connectivity index (χ3n) is 2.31. The highest BCUT2D eigenvalue weighted by molar-refractivity contribution is 5.82. The van der Waals surface area contributed by atoms with Crippen LogP contribution in [0.4, 0.5) is 18.9 Å². The van der Waals surface area contributed by atoms with Crippen LogP contribution in [0.25, 0.3) is 0 Å². The highest BCUT2D eigenvalue weighted by Crippen LogP contribution is 2.40. The molecule has 0 fully saturated rings. The van der Waals surface area contributed by atoms with Crippen LogP contribution in [0.1, 0.15) is 12.5 Å². The number of nitrogen functional groups attached to an aromatic ring is 1. The molecule has 7 heteroatoms. The maximum absolute atomic E-state index is 12.9. The van der Waals surface area contributed by atoms with E-state index in [1.165, 1.54) is 6.92 Å². The molecule has 0 aliphatic rings. The van der Waals surface area contributed by atoms with Crippen molar-refractivity contribution < 1.29 is 27.8 Å². The van der Waals surface area contributed by atoms with Crippen LogP contribution in [0.5, 0.6) is 0 Å². The molecular weight excluding hydrogens is 251 g/mol. The molecule has 0 aliphatic heterocycles. The first kappa shape index (κ1) is 14.3. The predicted octanol–water partition coefficient (Wildman–Crippen LogP) is 1.58. The monoisotopic (exact) mass is 263 g/mol. The van der Waals surface area contributed by atoms with Gasteiger partial charge in [0, 0.05) is 11.3 Å². The van der Waals surface area contributed by atoms with Crippen LogP contribution >= 0.6 is 0 Å². The van der Waals surface area contributed by atoms with Gasteiger partial charge in [-0.2, -0.15) is 13.2 Å². The fourth-order valence-electron chi connectivity index (χ4n) is 1.36. The lowest BCUT2D eigenvalue weighted by molar-refractivity contribution is -0.267. The van der Waals surface area contributed by atoms with Crippen LogP contribution in [-0.2, 0) is 15.1 Å². The Balaban J connectivity index is 3.29. The van der Waals surface area contributed by atoms with Gasteiger partial charge in [0.05, 0.1) is 6.61 Å². The molecule has 0 spiro atoms. The second-order valence-corrected chi connectivity index (χ2v) is 3.55. The fraction of sp³-hybridized carbons (Fsp3) is 0.364. The summed E-state index contributed by atoms with van der Waals surface area (Å²) in [7, 11) is 0. The van der Waals surface area contributed by atoms with Gasteiger partial charge in [0.25, 0.3) is 5.60 Å². The third kappa shape index (κ3) is 2.40. The second kappa shape index (κ2) is 4.85. The molecule has 1 aromatic rings. The van der Waals surface area contributed by atoms with Gasteiger partial charge in [-0.15, -0.1) is 0 Å². The Bertz CT molecular complexity index is 430. The van der Waals surface area contributed by atoms with Crippen LogP contribution < -0.4 is 5.73 Å². The largest absolute Gasteiger partial charge is 0.463 e. The molecule has 0 heterocycles. The van der Waals surface area contributed by atoms with Crippen LogP contribution in [-0.4, -0.2) is 23.9 Å². The van der Waals surface area contributed by atoms with Crippen molar-refractivity contribution >= 4 is 11.7 Å². The van der Waals surface area contributed by atoms with Gasteiger partial charge in [0.1, 0.15) is 0 Å². The van der Waals surface area contributed by atoms with Gasteiger partial charge in [-0.1, -0.05) is 12.1 Å². The summed E-state index contributed by atoms with van der Waals surface area (Å²) in [6.45, 7) is 1.07. The van der Waals surface area contributed by atoms with Crippen molar-refractivity contribution in [2.45, 2.75) is 18.7 Å². The van der Waals surface area contributed by atoms with E-state index >= 15 is 0 Å². The number of carbonyl (C=O) groups excluding carboxylic acids is 1. The number of rotatable bonds is 3. The Morgan fingerprint density at radius 3 is 2.22 bits per heavy atom. The first-order valence-corrected chi connectivity index (χ1v) is 5.05. The molecule has 1 aromatic carbocycles. The zero-order chi connectivity index (χ0) is 14.0. The van der Waals surface area contributed by atoms with E-state index in [1.807, 2.05) is 0 Å². The third-order valence-corrected chi connectivity index (χ3v) is 2.31. The number of hydrogen-bond donors (Lipinski definition) is 2. The molecule has 1 atom stereocenters. The van der Waals surface area contributed by atoms with Crippen molar-refractivity contribution in [1.82, 2.24) is 0 Å². The van der Waals surface area contributed by atoms with E-state index in [1.54, 1.807) is 0 Å². The number of alkyl halides is 3. The van der Waals surface area contributed by atoms with Gasteiger partial charge in [-0.3, -0.25) is 0 Å². The highest BCUT2D eigenvalue weighted by Gasteiger charge is 2.62. The van der Waals surface area contributed by atoms with Crippen molar-refractivity contribution in [1.29, 1.82) is 0 Å². The Hall–Kier alpha value is -1.76. The highest BCUT2D eigenvalue weighted by atomic mass is 19.4. The normalized spacial score (nSPS) is 14.9. The number of halogens is 3. The predicted molar refractivity (Wildman–Crippen MR) is 57.4 cm³/mol. The number of nitrogens with two attached hydrogens (primary N) is 1. The smallest absolute Gasteiger partial charge is 0.432 e. The molecule has 18 heavy (non-hydrogen) atoms. The lowest BCUT2D eigenvalue weighted by atomic mass is 9.93. The van der Waals surface area contributed by atoms with Crippen molar-refractivity contribution in [3.05, 3.63) is 29.8 Å². The molecule has 0 aromatic heterocycles. The molecule has 1 unspecified atom stereocenters. The minimum atomic E-state index is -5.19. The quantitative estimate of drug-likeness (QED) is 0.641. The lowest BCUT2D eigenvalue weighted by Crippen LogP contribution is -2.50. The van der Waals surface area contributed by atoms with E-state index in [2.05, 4.69) is 4.74 Å². The van der Waals surface area contributed by atoms with E-state index in [-0.39, 0.29) is 12.3 Å². The Morgan fingerprint density at radius 1 is 1.33 bits per heavy atom. The molecule has 0 saturated heterocycles. The number of hydrogen-bond acceptors (Lipinski definition) is 4. The topological polar surface area (TPSA) is 72.5 Å². The number of benzene rings is 1. The average Bonchev–Trinajstić information content (AvgIpc) is 2.27. The summed E-state index contributed by atoms with van der Waals surface area (Å²) in [5.74, 6) is -1.76. The fourth-order valence-corrected chi connectivity index (χ4v) is 1.36. The Kier molecular flexibility index (Phi) is 3.85. The summed E-state index contributed by atoms with van der Waals surface area (Å²) in [5, 5.41) is 9.67. The van der Waals surface area contributed by atoms with Gasteiger partial charge in [-0.05, 0) is 19.1 Å². The number of aliphatic hydroxyl groups is 1. The van der Waals surface area contributed by atoms with Gasteiger partial charge in [-0.25, -0.2) is 4.79 Å². The van der Waals surface area contributed by atoms with Crippen molar-refractivity contribution in [2.75, 3.05) is 12.3 Å². The number of carbonyl (C=O) groups is 1. The summed E-state index contributed by atoms with van der Waals surface area (Å²) in [5.41, 5.74) is 1.23. The Labute approximate surface area is 101 Å².